The maximum Gasteiger partial charge on any atom is 0.253 e. The van der Waals surface area contributed by atoms with Crippen LogP contribution in [0.2, 0.25) is 0 Å². The van der Waals surface area contributed by atoms with E-state index in [1.807, 2.05) is 28.0 Å². The Balaban J connectivity index is 1.46. The van der Waals surface area contributed by atoms with Crippen LogP contribution < -0.4 is 5.32 Å². The Kier molecular flexibility index (Phi) is 4.32. The highest BCUT2D eigenvalue weighted by atomic mass is 16.5. The first kappa shape index (κ1) is 13.6. The van der Waals surface area contributed by atoms with E-state index in [1.54, 1.807) is 0 Å². The van der Waals surface area contributed by atoms with E-state index in [-0.39, 0.29) is 12.0 Å². The molecule has 2 fully saturated rings. The molecule has 2 aliphatic heterocycles. The molecule has 6 nitrogen and oxygen atoms in total. The summed E-state index contributed by atoms with van der Waals surface area (Å²) in [7, 11) is 0. The molecule has 3 rings (SSSR count). The molecule has 0 spiro atoms. The van der Waals surface area contributed by atoms with Gasteiger partial charge in [0.05, 0.1) is 6.61 Å². The van der Waals surface area contributed by atoms with Crippen molar-refractivity contribution in [1.29, 1.82) is 0 Å². The zero-order valence-electron chi connectivity index (χ0n) is 11.7. The lowest BCUT2D eigenvalue weighted by molar-refractivity contribution is -0.146. The molecule has 0 aromatic carbocycles. The van der Waals surface area contributed by atoms with Gasteiger partial charge in [0.25, 0.3) is 5.91 Å². The van der Waals surface area contributed by atoms with Crippen molar-refractivity contribution in [3.8, 4) is 0 Å². The van der Waals surface area contributed by atoms with Crippen molar-refractivity contribution >= 4 is 5.91 Å². The number of ether oxygens (including phenoxy) is 1. The highest BCUT2D eigenvalue weighted by Crippen LogP contribution is 2.20. The molecule has 0 saturated carbocycles. The molecule has 110 valence electrons. The van der Waals surface area contributed by atoms with Crippen molar-refractivity contribution in [2.75, 3.05) is 32.8 Å². The monoisotopic (exact) mass is 278 g/mol. The average molecular weight is 278 g/mol. The van der Waals surface area contributed by atoms with Crippen molar-refractivity contribution in [3.05, 3.63) is 18.5 Å². The van der Waals surface area contributed by atoms with Gasteiger partial charge in [-0.3, -0.25) is 9.48 Å². The minimum atomic E-state index is -0.286. The van der Waals surface area contributed by atoms with Crippen LogP contribution in [0.25, 0.3) is 0 Å². The number of rotatable bonds is 3. The fourth-order valence-corrected chi connectivity index (χ4v) is 2.94. The van der Waals surface area contributed by atoms with E-state index in [4.69, 9.17) is 4.74 Å². The van der Waals surface area contributed by atoms with Gasteiger partial charge in [0.2, 0.25) is 0 Å². The van der Waals surface area contributed by atoms with Gasteiger partial charge in [-0.2, -0.15) is 5.10 Å². The second-order valence-corrected chi connectivity index (χ2v) is 5.56. The minimum Gasteiger partial charge on any atom is -0.366 e. The van der Waals surface area contributed by atoms with Gasteiger partial charge in [-0.05, 0) is 24.8 Å². The van der Waals surface area contributed by atoms with Gasteiger partial charge in [-0.15, -0.1) is 0 Å². The molecule has 0 aliphatic carbocycles. The lowest BCUT2D eigenvalue weighted by atomic mass is 9.96. The smallest absolute Gasteiger partial charge is 0.253 e. The number of likely N-dealkylation sites (tertiary alicyclic amines) is 1. The van der Waals surface area contributed by atoms with E-state index < -0.39 is 0 Å². The van der Waals surface area contributed by atoms with Crippen molar-refractivity contribution in [2.24, 2.45) is 5.92 Å². The Morgan fingerprint density at radius 1 is 1.40 bits per heavy atom. The summed E-state index contributed by atoms with van der Waals surface area (Å²) in [6.07, 6.45) is 5.62. The third-order valence-corrected chi connectivity index (χ3v) is 4.13. The molecule has 20 heavy (non-hydrogen) atoms. The average Bonchev–Trinajstić information content (AvgIpc) is 3.01. The topological polar surface area (TPSA) is 59.4 Å². The molecule has 2 aliphatic rings. The van der Waals surface area contributed by atoms with Crippen LogP contribution in [0.1, 0.15) is 12.8 Å². The molecule has 1 aromatic rings. The largest absolute Gasteiger partial charge is 0.366 e. The Bertz CT molecular complexity index is 420. The molecular weight excluding hydrogens is 256 g/mol. The lowest BCUT2D eigenvalue weighted by Gasteiger charge is -2.35. The molecule has 3 heterocycles. The fraction of sp³-hybridized carbons (Fsp3) is 0.714. The third kappa shape index (κ3) is 3.19. The summed E-state index contributed by atoms with van der Waals surface area (Å²) in [6.45, 7) is 4.75. The van der Waals surface area contributed by atoms with Crippen LogP contribution in [-0.4, -0.2) is 59.5 Å². The van der Waals surface area contributed by atoms with E-state index in [2.05, 4.69) is 10.4 Å². The van der Waals surface area contributed by atoms with Crippen LogP contribution in [0, 0.1) is 5.92 Å². The van der Waals surface area contributed by atoms with Gasteiger partial charge < -0.3 is 15.0 Å². The molecule has 1 unspecified atom stereocenters. The summed E-state index contributed by atoms with van der Waals surface area (Å²) in [5, 5.41) is 7.45. The van der Waals surface area contributed by atoms with Gasteiger partial charge in [0, 0.05) is 45.1 Å². The van der Waals surface area contributed by atoms with Gasteiger partial charge >= 0.3 is 0 Å². The summed E-state index contributed by atoms with van der Waals surface area (Å²) in [4.78, 5) is 14.3. The second kappa shape index (κ2) is 6.37. The second-order valence-electron chi connectivity index (χ2n) is 5.56. The van der Waals surface area contributed by atoms with Gasteiger partial charge in [-0.1, -0.05) is 0 Å². The molecule has 1 N–H and O–H groups in total. The Morgan fingerprint density at radius 3 is 2.90 bits per heavy atom. The quantitative estimate of drug-likeness (QED) is 0.852. The SMILES string of the molecule is O=C(C1CNCCO1)N1CCC(Cn2cccn2)CC1. The zero-order chi connectivity index (χ0) is 13.8. The first-order chi connectivity index (χ1) is 9.83. The summed E-state index contributed by atoms with van der Waals surface area (Å²) in [6, 6.07) is 1.95. The molecule has 1 atom stereocenters. The predicted octanol–water partition coefficient (Wildman–Crippen LogP) is 0.110. The molecule has 6 heteroatoms. The fourth-order valence-electron chi connectivity index (χ4n) is 2.94. The summed E-state index contributed by atoms with van der Waals surface area (Å²) in [5.74, 6) is 0.763. The molecule has 1 aromatic heterocycles. The van der Waals surface area contributed by atoms with Gasteiger partial charge in [-0.25, -0.2) is 0 Å². The first-order valence-corrected chi connectivity index (χ1v) is 7.41. The van der Waals surface area contributed by atoms with Crippen LogP contribution in [0.15, 0.2) is 18.5 Å². The molecule has 0 radical (unpaired) electrons. The highest BCUT2D eigenvalue weighted by Gasteiger charge is 2.29. The number of hydrogen-bond donors (Lipinski definition) is 1. The van der Waals surface area contributed by atoms with E-state index in [0.29, 0.717) is 19.1 Å². The van der Waals surface area contributed by atoms with Crippen LogP contribution >= 0.6 is 0 Å². The molecule has 0 bridgehead atoms. The third-order valence-electron chi connectivity index (χ3n) is 4.13. The maximum atomic E-state index is 12.3. The molecular formula is C14H22N4O2. The first-order valence-electron chi connectivity index (χ1n) is 7.41. The Hall–Kier alpha value is -1.40. The van der Waals surface area contributed by atoms with Crippen molar-refractivity contribution in [3.63, 3.8) is 0 Å². The molecule has 2 saturated heterocycles. The maximum absolute atomic E-state index is 12.3. The Morgan fingerprint density at radius 2 is 2.25 bits per heavy atom. The number of carbonyl (C=O) groups excluding carboxylic acids is 1. The van der Waals surface area contributed by atoms with E-state index in [9.17, 15) is 4.79 Å². The number of nitrogens with one attached hydrogen (secondary N) is 1. The number of aromatic nitrogens is 2. The van der Waals surface area contributed by atoms with Crippen LogP contribution in [-0.2, 0) is 16.1 Å². The predicted molar refractivity (Wildman–Crippen MR) is 74.1 cm³/mol. The van der Waals surface area contributed by atoms with Crippen molar-refractivity contribution < 1.29 is 9.53 Å². The number of amides is 1. The number of hydrogen-bond acceptors (Lipinski definition) is 4. The number of nitrogens with zero attached hydrogens (tertiary/aromatic N) is 3. The number of morpholine rings is 1. The summed E-state index contributed by atoms with van der Waals surface area (Å²) in [5.41, 5.74) is 0. The minimum absolute atomic E-state index is 0.148. The zero-order valence-corrected chi connectivity index (χ0v) is 11.7. The lowest BCUT2D eigenvalue weighted by Crippen LogP contribution is -2.51. The normalized spacial score (nSPS) is 24.8. The standard InChI is InChI=1S/C14H22N4O2/c19-14(13-10-15-5-9-20-13)17-7-2-12(3-8-17)11-18-6-1-4-16-18/h1,4,6,12-13,15H,2-3,5,7-11H2. The van der Waals surface area contributed by atoms with Crippen LogP contribution in [0.5, 0.6) is 0 Å². The molecule has 1 amide bonds. The van der Waals surface area contributed by atoms with E-state index in [1.165, 1.54) is 0 Å². The highest BCUT2D eigenvalue weighted by molar-refractivity contribution is 5.81. The van der Waals surface area contributed by atoms with Crippen LogP contribution in [0.4, 0.5) is 0 Å². The van der Waals surface area contributed by atoms with E-state index in [0.717, 1.165) is 39.0 Å². The van der Waals surface area contributed by atoms with Crippen molar-refractivity contribution in [1.82, 2.24) is 20.0 Å². The summed E-state index contributed by atoms with van der Waals surface area (Å²) >= 11 is 0. The van der Waals surface area contributed by atoms with Crippen molar-refractivity contribution in [2.45, 2.75) is 25.5 Å². The van der Waals surface area contributed by atoms with Gasteiger partial charge in [0.15, 0.2) is 0 Å². The Labute approximate surface area is 119 Å². The summed E-state index contributed by atoms with van der Waals surface area (Å²) < 4.78 is 7.52. The number of carbonyl (C=O) groups is 1. The number of piperidine rings is 1. The van der Waals surface area contributed by atoms with Crippen LogP contribution in [0.3, 0.4) is 0 Å². The van der Waals surface area contributed by atoms with E-state index >= 15 is 0 Å². The van der Waals surface area contributed by atoms with Gasteiger partial charge in [0.1, 0.15) is 6.10 Å².